The minimum Gasteiger partial charge on any atom is -0.493 e. The van der Waals surface area contributed by atoms with E-state index < -0.39 is 0 Å². The molecule has 1 aromatic rings. The summed E-state index contributed by atoms with van der Waals surface area (Å²) in [6, 6.07) is 5.72. The molecule has 0 radical (unpaired) electrons. The Kier molecular flexibility index (Phi) is 5.44. The molecule has 0 aliphatic carbocycles. The van der Waals surface area contributed by atoms with Gasteiger partial charge in [0.25, 0.3) is 0 Å². The van der Waals surface area contributed by atoms with Gasteiger partial charge in [-0.05, 0) is 24.1 Å². The van der Waals surface area contributed by atoms with Gasteiger partial charge < -0.3 is 19.5 Å². The van der Waals surface area contributed by atoms with E-state index >= 15 is 0 Å². The van der Waals surface area contributed by atoms with Gasteiger partial charge in [-0.1, -0.05) is 19.4 Å². The first kappa shape index (κ1) is 15.6. The number of carbonyl (C=O) groups excluding carboxylic acids is 1. The summed E-state index contributed by atoms with van der Waals surface area (Å²) < 4.78 is 16.1. The van der Waals surface area contributed by atoms with E-state index in [2.05, 4.69) is 18.3 Å². The highest BCUT2D eigenvalue weighted by Crippen LogP contribution is 2.30. The summed E-state index contributed by atoms with van der Waals surface area (Å²) in [6.07, 6.45) is 2.66. The van der Waals surface area contributed by atoms with Crippen molar-refractivity contribution in [2.45, 2.75) is 38.3 Å². The zero-order valence-corrected chi connectivity index (χ0v) is 12.8. The smallest absolute Gasteiger partial charge is 0.323 e. The van der Waals surface area contributed by atoms with Crippen molar-refractivity contribution in [3.63, 3.8) is 0 Å². The molecule has 1 N–H and O–H groups in total. The van der Waals surface area contributed by atoms with Gasteiger partial charge in [-0.2, -0.15) is 0 Å². The number of hydrogen-bond acceptors (Lipinski definition) is 5. The Morgan fingerprint density at radius 2 is 2.14 bits per heavy atom. The molecule has 2 rings (SSSR count). The van der Waals surface area contributed by atoms with Gasteiger partial charge in [-0.3, -0.25) is 4.79 Å². The lowest BCUT2D eigenvalue weighted by Gasteiger charge is -2.16. The average Bonchev–Trinajstić information content (AvgIpc) is 2.96. The van der Waals surface area contributed by atoms with E-state index in [0.717, 1.165) is 24.3 Å². The lowest BCUT2D eigenvalue weighted by atomic mass is 10.1. The van der Waals surface area contributed by atoms with E-state index in [4.69, 9.17) is 14.2 Å². The van der Waals surface area contributed by atoms with Crippen molar-refractivity contribution in [2.75, 3.05) is 20.8 Å². The highest BCUT2D eigenvalue weighted by Gasteiger charge is 2.31. The summed E-state index contributed by atoms with van der Waals surface area (Å²) >= 11 is 0. The van der Waals surface area contributed by atoms with Crippen LogP contribution in [0.4, 0.5) is 0 Å². The van der Waals surface area contributed by atoms with Crippen molar-refractivity contribution >= 4 is 5.97 Å². The first-order chi connectivity index (χ1) is 10.2. The minimum atomic E-state index is -0.287. The van der Waals surface area contributed by atoms with Crippen LogP contribution in [-0.2, 0) is 16.0 Å². The zero-order chi connectivity index (χ0) is 15.2. The van der Waals surface area contributed by atoms with Gasteiger partial charge in [-0.25, -0.2) is 0 Å². The SMILES string of the molecule is CCCc1ccc(OC2CNC(C(=O)OC)C2)c(OC)c1. The minimum absolute atomic E-state index is 0.0555. The van der Waals surface area contributed by atoms with Crippen LogP contribution >= 0.6 is 0 Å². The van der Waals surface area contributed by atoms with E-state index in [1.165, 1.54) is 12.7 Å². The number of aryl methyl sites for hydroxylation is 1. The summed E-state index contributed by atoms with van der Waals surface area (Å²) in [6.45, 7) is 2.77. The summed E-state index contributed by atoms with van der Waals surface area (Å²) in [5.74, 6) is 1.21. The largest absolute Gasteiger partial charge is 0.493 e. The van der Waals surface area contributed by atoms with Crippen molar-refractivity contribution in [1.82, 2.24) is 5.32 Å². The van der Waals surface area contributed by atoms with Crippen LogP contribution in [-0.4, -0.2) is 38.9 Å². The molecule has 0 spiro atoms. The molecule has 0 bridgehead atoms. The quantitative estimate of drug-likeness (QED) is 0.812. The molecule has 1 aromatic carbocycles. The Balaban J connectivity index is 2.01. The molecule has 1 aliphatic rings. The maximum Gasteiger partial charge on any atom is 0.323 e. The van der Waals surface area contributed by atoms with Crippen molar-refractivity contribution in [3.8, 4) is 11.5 Å². The number of esters is 1. The van der Waals surface area contributed by atoms with Crippen LogP contribution in [0.25, 0.3) is 0 Å². The van der Waals surface area contributed by atoms with E-state index in [1.807, 2.05) is 12.1 Å². The Morgan fingerprint density at radius 3 is 2.81 bits per heavy atom. The Labute approximate surface area is 125 Å². The molecule has 2 atom stereocenters. The molecule has 1 aliphatic heterocycles. The fourth-order valence-electron chi connectivity index (χ4n) is 2.55. The maximum atomic E-state index is 11.5. The molecule has 0 amide bonds. The van der Waals surface area contributed by atoms with Crippen LogP contribution in [0.2, 0.25) is 0 Å². The van der Waals surface area contributed by atoms with E-state index in [1.54, 1.807) is 7.11 Å². The first-order valence-corrected chi connectivity index (χ1v) is 7.32. The molecule has 2 unspecified atom stereocenters. The lowest BCUT2D eigenvalue weighted by molar-refractivity contribution is -0.142. The number of carbonyl (C=O) groups is 1. The third-order valence-corrected chi connectivity index (χ3v) is 3.64. The van der Waals surface area contributed by atoms with Crippen LogP contribution in [0, 0.1) is 0 Å². The normalized spacial score (nSPS) is 21.1. The summed E-state index contributed by atoms with van der Waals surface area (Å²) in [5, 5.41) is 3.11. The molecule has 0 saturated carbocycles. The number of methoxy groups -OCH3 is 2. The third-order valence-electron chi connectivity index (χ3n) is 3.64. The van der Waals surface area contributed by atoms with E-state index in [0.29, 0.717) is 13.0 Å². The second kappa shape index (κ2) is 7.31. The molecule has 1 saturated heterocycles. The van der Waals surface area contributed by atoms with Crippen LogP contribution in [0.3, 0.4) is 0 Å². The van der Waals surface area contributed by atoms with Crippen LogP contribution in [0.15, 0.2) is 18.2 Å². The molecule has 1 fully saturated rings. The monoisotopic (exact) mass is 293 g/mol. The van der Waals surface area contributed by atoms with Crippen molar-refractivity contribution in [1.29, 1.82) is 0 Å². The van der Waals surface area contributed by atoms with Crippen LogP contribution in [0.1, 0.15) is 25.3 Å². The van der Waals surface area contributed by atoms with Crippen LogP contribution < -0.4 is 14.8 Å². The van der Waals surface area contributed by atoms with Gasteiger partial charge in [0.2, 0.25) is 0 Å². The molecule has 116 valence electrons. The summed E-state index contributed by atoms with van der Waals surface area (Å²) in [4.78, 5) is 11.5. The zero-order valence-electron chi connectivity index (χ0n) is 12.8. The maximum absolute atomic E-state index is 11.5. The second-order valence-electron chi connectivity index (χ2n) is 5.19. The Bertz CT molecular complexity index is 489. The van der Waals surface area contributed by atoms with Crippen molar-refractivity contribution in [2.24, 2.45) is 0 Å². The van der Waals surface area contributed by atoms with Crippen molar-refractivity contribution in [3.05, 3.63) is 23.8 Å². The van der Waals surface area contributed by atoms with Gasteiger partial charge >= 0.3 is 5.97 Å². The highest BCUT2D eigenvalue weighted by atomic mass is 16.5. The van der Waals surface area contributed by atoms with Gasteiger partial charge in [-0.15, -0.1) is 0 Å². The number of ether oxygens (including phenoxy) is 3. The standard InChI is InChI=1S/C16H23NO4/c1-4-5-11-6-7-14(15(8-11)19-2)21-12-9-13(17-10-12)16(18)20-3/h6-8,12-13,17H,4-5,9-10H2,1-3H3. The van der Waals surface area contributed by atoms with Crippen molar-refractivity contribution < 1.29 is 19.0 Å². The molecule has 1 heterocycles. The summed E-state index contributed by atoms with van der Waals surface area (Å²) in [7, 11) is 3.04. The average molecular weight is 293 g/mol. The molecule has 5 heteroatoms. The van der Waals surface area contributed by atoms with Gasteiger partial charge in [0.15, 0.2) is 11.5 Å². The predicted octanol–water partition coefficient (Wildman–Crippen LogP) is 1.93. The van der Waals surface area contributed by atoms with E-state index in [-0.39, 0.29) is 18.1 Å². The third kappa shape index (κ3) is 3.88. The Hall–Kier alpha value is -1.75. The summed E-state index contributed by atoms with van der Waals surface area (Å²) in [5.41, 5.74) is 1.23. The fourth-order valence-corrected chi connectivity index (χ4v) is 2.55. The topological polar surface area (TPSA) is 56.8 Å². The van der Waals surface area contributed by atoms with Gasteiger partial charge in [0.05, 0.1) is 14.2 Å². The Morgan fingerprint density at radius 1 is 1.33 bits per heavy atom. The molecular weight excluding hydrogens is 270 g/mol. The number of rotatable bonds is 6. The predicted molar refractivity (Wildman–Crippen MR) is 79.8 cm³/mol. The molecule has 21 heavy (non-hydrogen) atoms. The number of benzene rings is 1. The van der Waals surface area contributed by atoms with Crippen LogP contribution in [0.5, 0.6) is 11.5 Å². The highest BCUT2D eigenvalue weighted by molar-refractivity contribution is 5.76. The van der Waals surface area contributed by atoms with Gasteiger partial charge in [0.1, 0.15) is 12.1 Å². The number of hydrogen-bond donors (Lipinski definition) is 1. The lowest BCUT2D eigenvalue weighted by Crippen LogP contribution is -2.31. The fraction of sp³-hybridized carbons (Fsp3) is 0.562. The van der Waals surface area contributed by atoms with Gasteiger partial charge in [0, 0.05) is 13.0 Å². The number of nitrogens with one attached hydrogen (secondary N) is 1. The molecule has 5 nitrogen and oxygen atoms in total. The van der Waals surface area contributed by atoms with E-state index in [9.17, 15) is 4.79 Å². The molecular formula is C16H23NO4. The second-order valence-corrected chi connectivity index (χ2v) is 5.19. The first-order valence-electron chi connectivity index (χ1n) is 7.32. The molecule has 0 aromatic heterocycles.